The second-order valence-electron chi connectivity index (χ2n) is 5.63. The number of carbonyl (C=O) groups excluding carboxylic acids is 1. The molecule has 24 heavy (non-hydrogen) atoms. The lowest BCUT2D eigenvalue weighted by Crippen LogP contribution is -2.59. The van der Waals surface area contributed by atoms with Gasteiger partial charge in [-0.15, -0.1) is 0 Å². The van der Waals surface area contributed by atoms with E-state index in [2.05, 4.69) is 10.4 Å². The van der Waals surface area contributed by atoms with Gasteiger partial charge in [0.25, 0.3) is 0 Å². The summed E-state index contributed by atoms with van der Waals surface area (Å²) < 4.78 is 45.2. The molecular formula is C15H17F3N4O2. The molecule has 1 saturated heterocycles. The predicted molar refractivity (Wildman–Crippen MR) is 79.4 cm³/mol. The smallest absolute Gasteiger partial charge is 0.365 e. The van der Waals surface area contributed by atoms with Gasteiger partial charge in [0, 0.05) is 24.8 Å². The zero-order valence-corrected chi connectivity index (χ0v) is 13.0. The van der Waals surface area contributed by atoms with E-state index in [-0.39, 0.29) is 19.7 Å². The first kappa shape index (κ1) is 16.6. The van der Waals surface area contributed by atoms with Gasteiger partial charge >= 0.3 is 12.2 Å². The number of alkyl halides is 3. The minimum Gasteiger partial charge on any atom is -0.365 e. The lowest BCUT2D eigenvalue weighted by Gasteiger charge is -2.39. The van der Waals surface area contributed by atoms with E-state index in [9.17, 15) is 18.0 Å². The van der Waals surface area contributed by atoms with Gasteiger partial charge in [-0.3, -0.25) is 0 Å². The Labute approximate surface area is 136 Å². The molecule has 1 aliphatic rings. The molecule has 0 aromatic carbocycles. The van der Waals surface area contributed by atoms with Crippen LogP contribution in [0.25, 0.3) is 5.52 Å². The van der Waals surface area contributed by atoms with Crippen LogP contribution in [0, 0.1) is 0 Å². The summed E-state index contributed by atoms with van der Waals surface area (Å²) in [7, 11) is 0. The highest BCUT2D eigenvalue weighted by molar-refractivity contribution is 5.75. The molecule has 0 saturated carbocycles. The maximum atomic E-state index is 12.9. The minimum atomic E-state index is -4.50. The summed E-state index contributed by atoms with van der Waals surface area (Å²) >= 11 is 0. The maximum absolute atomic E-state index is 12.9. The first-order chi connectivity index (χ1) is 11.4. The number of pyridine rings is 1. The molecule has 2 amide bonds. The average Bonchev–Trinajstić information content (AvgIpc) is 2.95. The van der Waals surface area contributed by atoms with Crippen LogP contribution in [0.1, 0.15) is 12.5 Å². The van der Waals surface area contributed by atoms with E-state index in [1.165, 1.54) is 6.92 Å². The topological polar surface area (TPSA) is 58.9 Å². The Hall–Kier alpha value is -2.29. The molecule has 130 valence electrons. The molecule has 0 spiro atoms. The molecule has 3 heterocycles. The molecule has 1 fully saturated rings. The summed E-state index contributed by atoms with van der Waals surface area (Å²) in [4.78, 5) is 13.4. The second kappa shape index (κ2) is 6.31. The SMILES string of the molecule is CC1C(C(F)(F)F)OCCN1C(=O)NCc1cnn2ccccc12. The number of hydrogen-bond acceptors (Lipinski definition) is 3. The van der Waals surface area contributed by atoms with Crippen molar-refractivity contribution in [3.05, 3.63) is 36.2 Å². The molecule has 2 aromatic heterocycles. The fourth-order valence-electron chi connectivity index (χ4n) is 2.83. The van der Waals surface area contributed by atoms with Crippen molar-refractivity contribution < 1.29 is 22.7 Å². The number of morpholine rings is 1. The van der Waals surface area contributed by atoms with E-state index >= 15 is 0 Å². The summed E-state index contributed by atoms with van der Waals surface area (Å²) in [5.41, 5.74) is 1.62. The second-order valence-corrected chi connectivity index (χ2v) is 5.63. The maximum Gasteiger partial charge on any atom is 0.416 e. The number of nitrogens with one attached hydrogen (secondary N) is 1. The normalized spacial score (nSPS) is 21.9. The van der Waals surface area contributed by atoms with Crippen molar-refractivity contribution in [3.8, 4) is 0 Å². The van der Waals surface area contributed by atoms with Crippen molar-refractivity contribution >= 4 is 11.5 Å². The van der Waals surface area contributed by atoms with E-state index in [0.717, 1.165) is 16.0 Å². The Morgan fingerprint density at radius 3 is 3.00 bits per heavy atom. The molecule has 6 nitrogen and oxygen atoms in total. The average molecular weight is 342 g/mol. The van der Waals surface area contributed by atoms with E-state index < -0.39 is 24.4 Å². The summed E-state index contributed by atoms with van der Waals surface area (Å²) in [5, 5.41) is 6.81. The molecule has 2 atom stereocenters. The van der Waals surface area contributed by atoms with Crippen molar-refractivity contribution in [3.63, 3.8) is 0 Å². The fourth-order valence-corrected chi connectivity index (χ4v) is 2.83. The Balaban J connectivity index is 1.66. The molecule has 0 aliphatic carbocycles. The van der Waals surface area contributed by atoms with Crippen LogP contribution in [-0.2, 0) is 11.3 Å². The largest absolute Gasteiger partial charge is 0.416 e. The molecule has 3 rings (SSSR count). The standard InChI is InChI=1S/C15H17F3N4O2/c1-10-13(15(16,17)18)24-7-6-21(10)14(23)19-8-11-9-20-22-5-3-2-4-12(11)22/h2-5,9-10,13H,6-8H2,1H3,(H,19,23). The predicted octanol–water partition coefficient (Wildman–Crippen LogP) is 2.20. The number of halogens is 3. The van der Waals surface area contributed by atoms with E-state index in [4.69, 9.17) is 4.74 Å². The van der Waals surface area contributed by atoms with Crippen LogP contribution in [0.2, 0.25) is 0 Å². The quantitative estimate of drug-likeness (QED) is 0.910. The van der Waals surface area contributed by atoms with Crippen molar-refractivity contribution in [1.29, 1.82) is 0 Å². The zero-order valence-electron chi connectivity index (χ0n) is 13.0. The summed E-state index contributed by atoms with van der Waals surface area (Å²) in [6.07, 6.45) is -3.06. The third kappa shape index (κ3) is 3.16. The lowest BCUT2D eigenvalue weighted by molar-refractivity contribution is -0.246. The Bertz CT molecular complexity index is 731. The highest BCUT2D eigenvalue weighted by atomic mass is 19.4. The molecule has 0 radical (unpaired) electrons. The van der Waals surface area contributed by atoms with Crippen molar-refractivity contribution in [2.75, 3.05) is 13.2 Å². The van der Waals surface area contributed by atoms with Crippen LogP contribution in [0.3, 0.4) is 0 Å². The molecular weight excluding hydrogens is 325 g/mol. The third-order valence-corrected chi connectivity index (χ3v) is 4.08. The number of hydrogen-bond donors (Lipinski definition) is 1. The van der Waals surface area contributed by atoms with Gasteiger partial charge in [-0.25, -0.2) is 9.31 Å². The summed E-state index contributed by atoms with van der Waals surface area (Å²) in [5.74, 6) is 0. The molecule has 9 heteroatoms. The summed E-state index contributed by atoms with van der Waals surface area (Å²) in [6.45, 7) is 1.51. The van der Waals surface area contributed by atoms with Crippen LogP contribution in [-0.4, -0.2) is 52.0 Å². The summed E-state index contributed by atoms with van der Waals surface area (Å²) in [6, 6.07) is 3.90. The van der Waals surface area contributed by atoms with Gasteiger partial charge in [-0.1, -0.05) is 6.07 Å². The van der Waals surface area contributed by atoms with Crippen LogP contribution in [0.15, 0.2) is 30.6 Å². The van der Waals surface area contributed by atoms with Gasteiger partial charge in [-0.05, 0) is 19.1 Å². The third-order valence-electron chi connectivity index (χ3n) is 4.08. The molecule has 1 N–H and O–H groups in total. The Morgan fingerprint density at radius 1 is 1.46 bits per heavy atom. The minimum absolute atomic E-state index is 0.119. The number of urea groups is 1. The number of ether oxygens (including phenoxy) is 1. The van der Waals surface area contributed by atoms with Crippen LogP contribution >= 0.6 is 0 Å². The number of fused-ring (bicyclic) bond motifs is 1. The monoisotopic (exact) mass is 342 g/mol. The number of rotatable bonds is 2. The molecule has 0 bridgehead atoms. The number of nitrogens with zero attached hydrogens (tertiary/aromatic N) is 3. The van der Waals surface area contributed by atoms with Crippen molar-refractivity contribution in [1.82, 2.24) is 19.8 Å². The van der Waals surface area contributed by atoms with Gasteiger partial charge in [0.15, 0.2) is 6.10 Å². The van der Waals surface area contributed by atoms with E-state index in [1.807, 2.05) is 18.2 Å². The molecule has 1 aliphatic heterocycles. The van der Waals surface area contributed by atoms with E-state index in [0.29, 0.717) is 0 Å². The number of amides is 2. The number of carbonyl (C=O) groups is 1. The van der Waals surface area contributed by atoms with Crippen LogP contribution < -0.4 is 5.32 Å². The van der Waals surface area contributed by atoms with Crippen LogP contribution in [0.5, 0.6) is 0 Å². The van der Waals surface area contributed by atoms with Gasteiger partial charge in [0.1, 0.15) is 0 Å². The highest BCUT2D eigenvalue weighted by Gasteiger charge is 2.48. The number of aromatic nitrogens is 2. The Kier molecular flexibility index (Phi) is 4.35. The van der Waals surface area contributed by atoms with E-state index in [1.54, 1.807) is 16.9 Å². The van der Waals surface area contributed by atoms with Crippen molar-refractivity contribution in [2.45, 2.75) is 31.8 Å². The first-order valence-corrected chi connectivity index (χ1v) is 7.52. The van der Waals surface area contributed by atoms with Gasteiger partial charge < -0.3 is 15.0 Å². The molecule has 2 aromatic rings. The van der Waals surface area contributed by atoms with Gasteiger partial charge in [0.05, 0.1) is 24.4 Å². The van der Waals surface area contributed by atoms with Crippen molar-refractivity contribution in [2.24, 2.45) is 0 Å². The van der Waals surface area contributed by atoms with Crippen LogP contribution in [0.4, 0.5) is 18.0 Å². The van der Waals surface area contributed by atoms with Gasteiger partial charge in [-0.2, -0.15) is 18.3 Å². The zero-order chi connectivity index (χ0) is 17.3. The lowest BCUT2D eigenvalue weighted by atomic mass is 10.1. The highest BCUT2D eigenvalue weighted by Crippen LogP contribution is 2.30. The van der Waals surface area contributed by atoms with Gasteiger partial charge in [0.2, 0.25) is 0 Å². The first-order valence-electron chi connectivity index (χ1n) is 7.52. The fraction of sp³-hybridized carbons (Fsp3) is 0.467. The Morgan fingerprint density at radius 2 is 2.25 bits per heavy atom. The molecule has 2 unspecified atom stereocenters.